The van der Waals surface area contributed by atoms with Gasteiger partial charge in [0, 0.05) is 21.7 Å². The number of benzene rings is 2. The van der Waals surface area contributed by atoms with E-state index >= 15 is 0 Å². The highest BCUT2D eigenvalue weighted by atomic mass is 127. The van der Waals surface area contributed by atoms with Gasteiger partial charge >= 0.3 is 0 Å². The van der Waals surface area contributed by atoms with Crippen LogP contribution in [0.15, 0.2) is 67.3 Å². The summed E-state index contributed by atoms with van der Waals surface area (Å²) in [7, 11) is 0. The maximum absolute atomic E-state index is 4.48. The van der Waals surface area contributed by atoms with E-state index in [1.54, 1.807) is 6.20 Å². The summed E-state index contributed by atoms with van der Waals surface area (Å²) in [5.74, 6) is 0. The quantitative estimate of drug-likeness (QED) is 0.491. The molecule has 4 nitrogen and oxygen atoms in total. The Bertz CT molecular complexity index is 909. The van der Waals surface area contributed by atoms with Crippen LogP contribution in [0.5, 0.6) is 0 Å². The normalized spacial score (nSPS) is 11.1. The fourth-order valence-corrected chi connectivity index (χ4v) is 2.87. The fourth-order valence-electron chi connectivity index (χ4n) is 2.40. The molecule has 0 aliphatic carbocycles. The summed E-state index contributed by atoms with van der Waals surface area (Å²) < 4.78 is 5.14. The number of nitrogens with zero attached hydrogens (tertiary/aromatic N) is 4. The number of hydrogen-bond donors (Lipinski definition) is 0. The van der Waals surface area contributed by atoms with Crippen molar-refractivity contribution in [3.8, 4) is 11.4 Å². The molecule has 0 saturated carbocycles. The van der Waals surface area contributed by atoms with Crippen molar-refractivity contribution in [3.63, 3.8) is 0 Å². The Labute approximate surface area is 135 Å². The molecule has 0 amide bonds. The third-order valence-electron chi connectivity index (χ3n) is 3.39. The number of hydrogen-bond acceptors (Lipinski definition) is 2. The molecular formula is C16H11IN4. The lowest BCUT2D eigenvalue weighted by molar-refractivity contribution is 0.878. The van der Waals surface area contributed by atoms with E-state index in [1.165, 1.54) is 3.57 Å². The van der Waals surface area contributed by atoms with E-state index < -0.39 is 0 Å². The van der Waals surface area contributed by atoms with Crippen LogP contribution in [0.4, 0.5) is 0 Å². The van der Waals surface area contributed by atoms with Gasteiger partial charge in [0.2, 0.25) is 0 Å². The monoisotopic (exact) mass is 386 g/mol. The van der Waals surface area contributed by atoms with Crippen molar-refractivity contribution >= 4 is 33.6 Å². The lowest BCUT2D eigenvalue weighted by atomic mass is 10.2. The Kier molecular flexibility index (Phi) is 2.99. The maximum Gasteiger partial charge on any atom is 0.100 e. The van der Waals surface area contributed by atoms with Crippen LogP contribution >= 0.6 is 22.6 Å². The van der Waals surface area contributed by atoms with Crippen LogP contribution in [0.3, 0.4) is 0 Å². The number of fused-ring (bicyclic) bond motifs is 1. The first kappa shape index (κ1) is 12.6. The predicted molar refractivity (Wildman–Crippen MR) is 90.9 cm³/mol. The van der Waals surface area contributed by atoms with Crippen molar-refractivity contribution in [2.75, 3.05) is 0 Å². The van der Waals surface area contributed by atoms with Gasteiger partial charge < -0.3 is 0 Å². The molecule has 4 aromatic rings. The molecular weight excluding hydrogens is 375 g/mol. The highest BCUT2D eigenvalue weighted by molar-refractivity contribution is 14.1. The van der Waals surface area contributed by atoms with Gasteiger partial charge in [0.15, 0.2) is 0 Å². The van der Waals surface area contributed by atoms with Gasteiger partial charge in [-0.15, -0.1) is 0 Å². The molecule has 0 saturated heterocycles. The molecule has 2 heterocycles. The van der Waals surface area contributed by atoms with Crippen LogP contribution in [-0.4, -0.2) is 19.3 Å². The zero-order valence-electron chi connectivity index (χ0n) is 11.0. The molecule has 0 N–H and O–H groups in total. The number of aromatic nitrogens is 4. The van der Waals surface area contributed by atoms with Crippen molar-refractivity contribution in [2.45, 2.75) is 0 Å². The van der Waals surface area contributed by atoms with Crippen LogP contribution in [0.2, 0.25) is 0 Å². The zero-order chi connectivity index (χ0) is 14.2. The number of rotatable bonds is 2. The van der Waals surface area contributed by atoms with Crippen LogP contribution < -0.4 is 0 Å². The van der Waals surface area contributed by atoms with Gasteiger partial charge in [-0.05, 0) is 65.1 Å². The predicted octanol–water partition coefficient (Wildman–Crippen LogP) is 3.82. The summed E-state index contributed by atoms with van der Waals surface area (Å²) in [6.07, 6.45) is 5.58. The van der Waals surface area contributed by atoms with Gasteiger partial charge in [-0.2, -0.15) is 5.10 Å². The molecule has 0 fully saturated rings. The van der Waals surface area contributed by atoms with Gasteiger partial charge in [0.1, 0.15) is 6.33 Å². The Morgan fingerprint density at radius 2 is 1.86 bits per heavy atom. The summed E-state index contributed by atoms with van der Waals surface area (Å²) >= 11 is 2.30. The smallest absolute Gasteiger partial charge is 0.100 e. The minimum absolute atomic E-state index is 1.01. The second-order valence-corrected chi connectivity index (χ2v) is 5.96. The van der Waals surface area contributed by atoms with Crippen molar-refractivity contribution in [3.05, 3.63) is 70.8 Å². The largest absolute Gasteiger partial charge is 0.299 e. The van der Waals surface area contributed by atoms with Crippen molar-refractivity contribution in [1.29, 1.82) is 0 Å². The molecule has 102 valence electrons. The molecule has 0 aliphatic rings. The molecule has 0 bridgehead atoms. The van der Waals surface area contributed by atoms with E-state index in [9.17, 15) is 0 Å². The van der Waals surface area contributed by atoms with Gasteiger partial charge in [0.05, 0.1) is 16.7 Å². The lowest BCUT2D eigenvalue weighted by Crippen LogP contribution is -1.97. The SMILES string of the molecule is Ic1ccc2c(c1)ncn2-c1cccc(-n2cccn2)c1. The minimum atomic E-state index is 1.01. The third kappa shape index (κ3) is 2.23. The molecule has 4 rings (SSSR count). The molecule has 0 spiro atoms. The molecule has 0 atom stereocenters. The molecule has 0 radical (unpaired) electrons. The van der Waals surface area contributed by atoms with E-state index in [4.69, 9.17) is 0 Å². The van der Waals surface area contributed by atoms with Crippen LogP contribution in [-0.2, 0) is 0 Å². The summed E-state index contributed by atoms with van der Waals surface area (Å²) in [5, 5.41) is 4.27. The minimum Gasteiger partial charge on any atom is -0.299 e. The van der Waals surface area contributed by atoms with Gasteiger partial charge in [0.25, 0.3) is 0 Å². The molecule has 5 heteroatoms. The standard InChI is InChI=1S/C16H11IN4/c17-12-5-6-16-15(9-12)18-11-20(16)13-3-1-4-14(10-13)21-8-2-7-19-21/h1-11H. The molecule has 0 aliphatic heterocycles. The third-order valence-corrected chi connectivity index (χ3v) is 4.06. The Hall–Kier alpha value is -2.15. The van der Waals surface area contributed by atoms with Crippen molar-refractivity contribution in [2.24, 2.45) is 0 Å². The zero-order valence-corrected chi connectivity index (χ0v) is 13.2. The first-order chi connectivity index (χ1) is 10.3. The van der Waals surface area contributed by atoms with Gasteiger partial charge in [-0.1, -0.05) is 6.07 Å². The fraction of sp³-hybridized carbons (Fsp3) is 0. The van der Waals surface area contributed by atoms with Crippen LogP contribution in [0.1, 0.15) is 0 Å². The Morgan fingerprint density at radius 3 is 2.71 bits per heavy atom. The highest BCUT2D eigenvalue weighted by Crippen LogP contribution is 2.21. The first-order valence-corrected chi connectivity index (χ1v) is 7.62. The topological polar surface area (TPSA) is 35.6 Å². The molecule has 0 unspecified atom stereocenters. The second-order valence-electron chi connectivity index (χ2n) is 4.72. The summed E-state index contributed by atoms with van der Waals surface area (Å²) in [6, 6.07) is 16.5. The maximum atomic E-state index is 4.48. The van der Waals surface area contributed by atoms with E-state index in [-0.39, 0.29) is 0 Å². The number of halogens is 1. The van der Waals surface area contributed by atoms with Crippen molar-refractivity contribution in [1.82, 2.24) is 19.3 Å². The number of imidazole rings is 1. The van der Waals surface area contributed by atoms with Gasteiger partial charge in [-0.3, -0.25) is 4.57 Å². The van der Waals surface area contributed by atoms with Crippen LogP contribution in [0, 0.1) is 3.57 Å². The summed E-state index contributed by atoms with van der Waals surface area (Å²) in [6.45, 7) is 0. The average Bonchev–Trinajstić information content (AvgIpc) is 3.16. The van der Waals surface area contributed by atoms with E-state index in [0.29, 0.717) is 0 Å². The van der Waals surface area contributed by atoms with E-state index in [2.05, 4.69) is 67.6 Å². The lowest BCUT2D eigenvalue weighted by Gasteiger charge is -2.07. The Balaban J connectivity index is 1.87. The van der Waals surface area contributed by atoms with E-state index in [0.717, 1.165) is 22.4 Å². The van der Waals surface area contributed by atoms with Crippen LogP contribution in [0.25, 0.3) is 22.4 Å². The first-order valence-electron chi connectivity index (χ1n) is 6.54. The highest BCUT2D eigenvalue weighted by Gasteiger charge is 2.06. The van der Waals surface area contributed by atoms with Gasteiger partial charge in [-0.25, -0.2) is 9.67 Å². The molecule has 21 heavy (non-hydrogen) atoms. The van der Waals surface area contributed by atoms with Crippen molar-refractivity contribution < 1.29 is 0 Å². The summed E-state index contributed by atoms with van der Waals surface area (Å²) in [5.41, 5.74) is 4.22. The average molecular weight is 386 g/mol. The Morgan fingerprint density at radius 1 is 0.952 bits per heavy atom. The summed E-state index contributed by atoms with van der Waals surface area (Å²) in [4.78, 5) is 4.48. The second kappa shape index (κ2) is 5.00. The molecule has 2 aromatic carbocycles. The molecule has 2 aromatic heterocycles. The van der Waals surface area contributed by atoms with E-state index in [1.807, 2.05) is 35.4 Å².